The largest absolute Gasteiger partial charge is 0.496 e. The zero-order valence-electron chi connectivity index (χ0n) is 12.6. The lowest BCUT2D eigenvalue weighted by Crippen LogP contribution is -2.24. The second-order valence-corrected chi connectivity index (χ2v) is 6.61. The number of nitrogens with zero attached hydrogens (tertiary/aromatic N) is 1. The molecule has 0 aromatic heterocycles. The number of aryl methyl sites for hydroxylation is 1. The molecule has 0 fully saturated rings. The first-order valence-electron chi connectivity index (χ1n) is 7.33. The van der Waals surface area contributed by atoms with Crippen molar-refractivity contribution in [3.63, 3.8) is 0 Å². The van der Waals surface area contributed by atoms with Crippen molar-refractivity contribution < 1.29 is 4.74 Å². The van der Waals surface area contributed by atoms with Gasteiger partial charge in [-0.15, -0.1) is 11.8 Å². The molecule has 0 unspecified atom stereocenters. The van der Waals surface area contributed by atoms with Gasteiger partial charge in [-0.1, -0.05) is 30.3 Å². The summed E-state index contributed by atoms with van der Waals surface area (Å²) in [4.78, 5) is 3.95. The third-order valence-corrected chi connectivity index (χ3v) is 5.01. The highest BCUT2D eigenvalue weighted by Crippen LogP contribution is 2.28. The Balaban J connectivity index is 1.76. The van der Waals surface area contributed by atoms with Crippen LogP contribution in [0.15, 0.2) is 47.4 Å². The molecule has 2 nitrogen and oxygen atoms in total. The van der Waals surface area contributed by atoms with Crippen molar-refractivity contribution in [1.29, 1.82) is 0 Å². The fourth-order valence-corrected chi connectivity index (χ4v) is 3.80. The molecule has 0 atom stereocenters. The van der Waals surface area contributed by atoms with Gasteiger partial charge in [0.2, 0.25) is 0 Å². The number of hydrogen-bond donors (Lipinski definition) is 0. The zero-order chi connectivity index (χ0) is 14.7. The van der Waals surface area contributed by atoms with Gasteiger partial charge in [0.1, 0.15) is 5.75 Å². The molecule has 1 heterocycles. The molecule has 21 heavy (non-hydrogen) atoms. The molecule has 0 amide bonds. The number of benzene rings is 2. The number of methoxy groups -OCH3 is 1. The Labute approximate surface area is 131 Å². The van der Waals surface area contributed by atoms with E-state index in [4.69, 9.17) is 4.74 Å². The van der Waals surface area contributed by atoms with Crippen LogP contribution in [-0.2, 0) is 13.1 Å². The van der Waals surface area contributed by atoms with Gasteiger partial charge < -0.3 is 4.74 Å². The van der Waals surface area contributed by atoms with Crippen molar-refractivity contribution >= 4 is 11.8 Å². The van der Waals surface area contributed by atoms with Crippen LogP contribution in [0.3, 0.4) is 0 Å². The van der Waals surface area contributed by atoms with Gasteiger partial charge in [0.25, 0.3) is 0 Å². The molecule has 0 bridgehead atoms. The molecule has 0 saturated carbocycles. The molecule has 1 aliphatic heterocycles. The summed E-state index contributed by atoms with van der Waals surface area (Å²) in [6, 6.07) is 15.3. The zero-order valence-corrected chi connectivity index (χ0v) is 13.5. The monoisotopic (exact) mass is 299 g/mol. The highest BCUT2D eigenvalue weighted by atomic mass is 32.2. The van der Waals surface area contributed by atoms with Crippen molar-refractivity contribution in [3.05, 3.63) is 59.2 Å². The van der Waals surface area contributed by atoms with E-state index in [0.717, 1.165) is 31.1 Å². The smallest absolute Gasteiger partial charge is 0.122 e. The van der Waals surface area contributed by atoms with Crippen LogP contribution in [0.25, 0.3) is 0 Å². The Morgan fingerprint density at radius 3 is 2.90 bits per heavy atom. The first-order valence-corrected chi connectivity index (χ1v) is 8.31. The molecule has 3 heteroatoms. The van der Waals surface area contributed by atoms with Gasteiger partial charge in [0.15, 0.2) is 0 Å². The Morgan fingerprint density at radius 1 is 1.19 bits per heavy atom. The molecule has 0 spiro atoms. The maximum Gasteiger partial charge on any atom is 0.122 e. The fourth-order valence-electron chi connectivity index (χ4n) is 2.74. The summed E-state index contributed by atoms with van der Waals surface area (Å²) in [6.45, 7) is 5.21. The molecule has 0 saturated heterocycles. The molecule has 2 aromatic carbocycles. The van der Waals surface area contributed by atoms with Crippen molar-refractivity contribution in [3.8, 4) is 5.75 Å². The Bertz CT molecular complexity index is 626. The second-order valence-electron chi connectivity index (χ2n) is 5.47. The van der Waals surface area contributed by atoms with Crippen LogP contribution in [-0.4, -0.2) is 24.3 Å². The predicted octanol–water partition coefficient (Wildman–Crippen LogP) is 4.11. The Hall–Kier alpha value is -1.45. The lowest BCUT2D eigenvalue weighted by atomic mass is 10.1. The van der Waals surface area contributed by atoms with Crippen LogP contribution in [0.2, 0.25) is 0 Å². The van der Waals surface area contributed by atoms with E-state index in [1.54, 1.807) is 7.11 Å². The van der Waals surface area contributed by atoms with Crippen LogP contribution in [0, 0.1) is 6.92 Å². The predicted molar refractivity (Wildman–Crippen MR) is 89.0 cm³/mol. The molecule has 110 valence electrons. The summed E-state index contributed by atoms with van der Waals surface area (Å²) in [5.74, 6) is 2.14. The average Bonchev–Trinajstić information content (AvgIpc) is 2.70. The van der Waals surface area contributed by atoms with Gasteiger partial charge in [-0.2, -0.15) is 0 Å². The maximum atomic E-state index is 5.43. The molecule has 0 radical (unpaired) electrons. The summed E-state index contributed by atoms with van der Waals surface area (Å²) in [6.07, 6.45) is 0. The van der Waals surface area contributed by atoms with Gasteiger partial charge in [-0.25, -0.2) is 0 Å². The molecule has 2 aromatic rings. The third kappa shape index (κ3) is 3.42. The van der Waals surface area contributed by atoms with Gasteiger partial charge in [-0.05, 0) is 35.7 Å². The van der Waals surface area contributed by atoms with Gasteiger partial charge >= 0.3 is 0 Å². The Morgan fingerprint density at radius 2 is 2.05 bits per heavy atom. The number of ether oxygens (including phenoxy) is 1. The van der Waals surface area contributed by atoms with Crippen molar-refractivity contribution in [1.82, 2.24) is 4.90 Å². The van der Waals surface area contributed by atoms with E-state index < -0.39 is 0 Å². The number of fused-ring (bicyclic) bond motifs is 1. The van der Waals surface area contributed by atoms with Crippen LogP contribution >= 0.6 is 11.8 Å². The van der Waals surface area contributed by atoms with E-state index in [0.29, 0.717) is 0 Å². The van der Waals surface area contributed by atoms with E-state index in [-0.39, 0.29) is 0 Å². The average molecular weight is 299 g/mol. The van der Waals surface area contributed by atoms with Crippen molar-refractivity contribution in [2.45, 2.75) is 24.9 Å². The van der Waals surface area contributed by atoms with Crippen LogP contribution in [0.4, 0.5) is 0 Å². The molecular formula is C18H21NOS. The molecule has 0 aliphatic carbocycles. The number of hydrogen-bond acceptors (Lipinski definition) is 3. The minimum Gasteiger partial charge on any atom is -0.496 e. The summed E-state index contributed by atoms with van der Waals surface area (Å²) in [5.41, 5.74) is 3.96. The van der Waals surface area contributed by atoms with Crippen LogP contribution < -0.4 is 4.74 Å². The first kappa shape index (κ1) is 14.5. The van der Waals surface area contributed by atoms with Crippen molar-refractivity contribution in [2.75, 3.05) is 19.4 Å². The summed E-state index contributed by atoms with van der Waals surface area (Å²) in [5, 5.41) is 0. The third-order valence-electron chi connectivity index (χ3n) is 3.91. The van der Waals surface area contributed by atoms with Gasteiger partial charge in [0.05, 0.1) is 7.11 Å². The molecular weight excluding hydrogens is 278 g/mol. The van der Waals surface area contributed by atoms with Crippen molar-refractivity contribution in [2.24, 2.45) is 0 Å². The Kier molecular flexibility index (Phi) is 4.51. The van der Waals surface area contributed by atoms with E-state index in [2.05, 4.69) is 54.3 Å². The molecule has 3 rings (SSSR count). The SMILES string of the molecule is COc1cc(CN2CCSc3ccccc3C2)ccc1C. The first-order chi connectivity index (χ1) is 10.3. The quantitative estimate of drug-likeness (QED) is 0.846. The number of thioether (sulfide) groups is 1. The normalized spacial score (nSPS) is 15.3. The molecule has 0 N–H and O–H groups in total. The minimum atomic E-state index is 0.978. The van der Waals surface area contributed by atoms with E-state index in [9.17, 15) is 0 Å². The topological polar surface area (TPSA) is 12.5 Å². The lowest BCUT2D eigenvalue weighted by molar-refractivity contribution is 0.274. The highest BCUT2D eigenvalue weighted by molar-refractivity contribution is 7.99. The standard InChI is InChI=1S/C18H21NOS/c1-14-7-8-15(11-17(14)20-2)12-19-9-10-21-18-6-4-3-5-16(18)13-19/h3-8,11H,9-10,12-13H2,1-2H3. The second kappa shape index (κ2) is 6.54. The maximum absolute atomic E-state index is 5.43. The van der Waals surface area contributed by atoms with Gasteiger partial charge in [-0.3, -0.25) is 4.90 Å². The van der Waals surface area contributed by atoms with E-state index in [1.807, 2.05) is 11.8 Å². The van der Waals surface area contributed by atoms with E-state index >= 15 is 0 Å². The summed E-state index contributed by atoms with van der Waals surface area (Å²) >= 11 is 1.97. The van der Waals surface area contributed by atoms with Crippen LogP contribution in [0.1, 0.15) is 16.7 Å². The molecule has 1 aliphatic rings. The van der Waals surface area contributed by atoms with E-state index in [1.165, 1.54) is 21.6 Å². The summed E-state index contributed by atoms with van der Waals surface area (Å²) < 4.78 is 5.43. The minimum absolute atomic E-state index is 0.978. The van der Waals surface area contributed by atoms with Gasteiger partial charge in [0, 0.05) is 30.3 Å². The highest BCUT2D eigenvalue weighted by Gasteiger charge is 2.15. The number of rotatable bonds is 3. The lowest BCUT2D eigenvalue weighted by Gasteiger charge is -2.20. The van der Waals surface area contributed by atoms with Crippen LogP contribution in [0.5, 0.6) is 5.75 Å². The summed E-state index contributed by atoms with van der Waals surface area (Å²) in [7, 11) is 1.74. The fraction of sp³-hybridized carbons (Fsp3) is 0.333.